The predicted molar refractivity (Wildman–Crippen MR) is 149 cm³/mol. The number of guanidine groups is 1. The lowest BCUT2D eigenvalue weighted by atomic mass is 10.0. The van der Waals surface area contributed by atoms with Crippen LogP contribution >= 0.6 is 11.8 Å². The number of aromatic hydroxyl groups is 1. The summed E-state index contributed by atoms with van der Waals surface area (Å²) in [4.78, 5) is 56.5. The molecule has 2 rings (SSSR count). The van der Waals surface area contributed by atoms with Crippen LogP contribution in [-0.2, 0) is 25.6 Å². The third kappa shape index (κ3) is 10.3. The number of carbonyl (C=O) groups is 4. The van der Waals surface area contributed by atoms with E-state index in [0.717, 1.165) is 0 Å². The van der Waals surface area contributed by atoms with E-state index in [1.165, 1.54) is 28.8 Å². The van der Waals surface area contributed by atoms with Crippen LogP contribution < -0.4 is 27.8 Å². The summed E-state index contributed by atoms with van der Waals surface area (Å²) in [6.45, 7) is 0.577. The van der Waals surface area contributed by atoms with E-state index in [4.69, 9.17) is 17.2 Å². The van der Waals surface area contributed by atoms with Gasteiger partial charge in [0.1, 0.15) is 23.9 Å². The van der Waals surface area contributed by atoms with Crippen molar-refractivity contribution in [2.75, 3.05) is 25.1 Å². The summed E-state index contributed by atoms with van der Waals surface area (Å²) in [5, 5.41) is 24.6. The molecule has 0 spiro atoms. The number of hydrogen-bond donors (Lipinski definition) is 7. The summed E-state index contributed by atoms with van der Waals surface area (Å²) in [5.74, 6) is -2.17. The van der Waals surface area contributed by atoms with E-state index in [1.54, 1.807) is 12.1 Å². The van der Waals surface area contributed by atoms with Gasteiger partial charge in [0.05, 0.1) is 6.04 Å². The number of likely N-dealkylation sites (tertiary alicyclic amines) is 1. The second-order valence-corrected chi connectivity index (χ2v) is 10.3. The number of nitrogens with one attached hydrogen (secondary N) is 2. The second-order valence-electron chi connectivity index (χ2n) is 9.36. The SMILES string of the molecule is CSCCC(NC(=O)C(N)CCCN=C(N)N)C(=O)NC(Cc1ccc(O)cc1)C(=O)N1CCCC1C(=O)O. The van der Waals surface area contributed by atoms with Gasteiger partial charge < -0.3 is 42.9 Å². The van der Waals surface area contributed by atoms with Gasteiger partial charge in [-0.05, 0) is 61.8 Å². The maximum absolute atomic E-state index is 13.5. The molecule has 0 aromatic heterocycles. The number of thioether (sulfide) groups is 1. The van der Waals surface area contributed by atoms with Gasteiger partial charge in [0, 0.05) is 19.5 Å². The number of phenols is 1. The first kappa shape index (κ1) is 31.7. The van der Waals surface area contributed by atoms with E-state index in [2.05, 4.69) is 15.6 Å². The quantitative estimate of drug-likeness (QED) is 0.0788. The minimum Gasteiger partial charge on any atom is -0.508 e. The van der Waals surface area contributed by atoms with Crippen LogP contribution in [0.4, 0.5) is 0 Å². The summed E-state index contributed by atoms with van der Waals surface area (Å²) in [6.07, 6.45) is 3.86. The Kier molecular flexibility index (Phi) is 12.8. The molecule has 1 aliphatic heterocycles. The molecule has 1 aliphatic rings. The van der Waals surface area contributed by atoms with Crippen LogP contribution in [0.25, 0.3) is 0 Å². The topological polar surface area (TPSA) is 226 Å². The van der Waals surface area contributed by atoms with Crippen LogP contribution in [0.3, 0.4) is 0 Å². The first-order chi connectivity index (χ1) is 18.5. The molecular weight excluding hydrogens is 526 g/mol. The molecule has 1 saturated heterocycles. The lowest BCUT2D eigenvalue weighted by Gasteiger charge is -2.29. The van der Waals surface area contributed by atoms with Gasteiger partial charge in [0.2, 0.25) is 17.7 Å². The number of nitrogens with two attached hydrogens (primary N) is 3. The molecule has 14 heteroatoms. The first-order valence-corrected chi connectivity index (χ1v) is 14.1. The number of carboxylic acid groups (broad SMARTS) is 1. The molecule has 1 heterocycles. The lowest BCUT2D eigenvalue weighted by molar-refractivity contribution is -0.149. The van der Waals surface area contributed by atoms with Gasteiger partial charge in [0.15, 0.2) is 5.96 Å². The van der Waals surface area contributed by atoms with E-state index < -0.39 is 47.9 Å². The molecule has 3 amide bonds. The van der Waals surface area contributed by atoms with Gasteiger partial charge in [-0.1, -0.05) is 12.1 Å². The Labute approximate surface area is 231 Å². The van der Waals surface area contributed by atoms with Crippen molar-refractivity contribution in [3.63, 3.8) is 0 Å². The maximum Gasteiger partial charge on any atom is 0.326 e. The summed E-state index contributed by atoms with van der Waals surface area (Å²) in [7, 11) is 0. The summed E-state index contributed by atoms with van der Waals surface area (Å²) in [5.41, 5.74) is 17.3. The number of hydrogen-bond acceptors (Lipinski definition) is 8. The van der Waals surface area contributed by atoms with Crippen molar-refractivity contribution in [2.24, 2.45) is 22.2 Å². The van der Waals surface area contributed by atoms with Crippen LogP contribution in [0.5, 0.6) is 5.75 Å². The molecule has 0 saturated carbocycles. The Morgan fingerprint density at radius 1 is 1.10 bits per heavy atom. The number of carboxylic acids is 1. The van der Waals surface area contributed by atoms with Crippen molar-refractivity contribution in [2.45, 2.75) is 62.7 Å². The largest absolute Gasteiger partial charge is 0.508 e. The predicted octanol–water partition coefficient (Wildman–Crippen LogP) is -0.886. The van der Waals surface area contributed by atoms with Crippen LogP contribution in [0.2, 0.25) is 0 Å². The van der Waals surface area contributed by atoms with Crippen molar-refractivity contribution in [3.05, 3.63) is 29.8 Å². The van der Waals surface area contributed by atoms with Crippen molar-refractivity contribution in [1.82, 2.24) is 15.5 Å². The molecule has 13 nitrogen and oxygen atoms in total. The Morgan fingerprint density at radius 2 is 1.77 bits per heavy atom. The standard InChI is InChI=1S/C25H39N7O6S/c1-39-13-10-18(30-21(34)17(26)4-2-11-29-25(27)28)22(35)31-19(14-15-6-8-16(33)9-7-15)23(36)32-12-3-5-20(32)24(37)38/h6-9,17-20,33H,2-5,10-14,26H2,1H3,(H,30,34)(H,31,35)(H,37,38)(H4,27,28,29). The molecule has 1 aromatic carbocycles. The maximum atomic E-state index is 13.5. The number of amides is 3. The van der Waals surface area contributed by atoms with Crippen LogP contribution in [-0.4, -0.2) is 94.0 Å². The van der Waals surface area contributed by atoms with Gasteiger partial charge >= 0.3 is 5.97 Å². The van der Waals surface area contributed by atoms with Crippen molar-refractivity contribution in [1.29, 1.82) is 0 Å². The zero-order valence-electron chi connectivity index (χ0n) is 22.0. The molecule has 4 atom stereocenters. The molecule has 10 N–H and O–H groups in total. The minimum atomic E-state index is -1.10. The molecular formula is C25H39N7O6S. The Bertz CT molecular complexity index is 1020. The Balaban J connectivity index is 2.17. The molecule has 0 bridgehead atoms. The first-order valence-electron chi connectivity index (χ1n) is 12.7. The van der Waals surface area contributed by atoms with Crippen molar-refractivity contribution < 1.29 is 29.4 Å². The Morgan fingerprint density at radius 3 is 2.38 bits per heavy atom. The van der Waals surface area contributed by atoms with E-state index in [1.807, 2.05) is 6.26 Å². The number of rotatable bonds is 15. The summed E-state index contributed by atoms with van der Waals surface area (Å²) >= 11 is 1.49. The lowest BCUT2D eigenvalue weighted by Crippen LogP contribution is -2.57. The number of aliphatic carboxylic acids is 1. The van der Waals surface area contributed by atoms with Gasteiger partial charge in [-0.2, -0.15) is 11.8 Å². The second kappa shape index (κ2) is 15.8. The highest BCUT2D eigenvalue weighted by Crippen LogP contribution is 2.20. The number of nitrogens with zero attached hydrogens (tertiary/aromatic N) is 2. The monoisotopic (exact) mass is 565 g/mol. The highest BCUT2D eigenvalue weighted by molar-refractivity contribution is 7.98. The van der Waals surface area contributed by atoms with Gasteiger partial charge in [-0.25, -0.2) is 4.79 Å². The molecule has 39 heavy (non-hydrogen) atoms. The number of carbonyl (C=O) groups excluding carboxylic acids is 3. The summed E-state index contributed by atoms with van der Waals surface area (Å²) in [6, 6.07) is 2.26. The normalized spacial score (nSPS) is 17.1. The highest BCUT2D eigenvalue weighted by atomic mass is 32.2. The smallest absolute Gasteiger partial charge is 0.326 e. The van der Waals surface area contributed by atoms with Crippen LogP contribution in [0, 0.1) is 0 Å². The zero-order chi connectivity index (χ0) is 28.9. The fourth-order valence-electron chi connectivity index (χ4n) is 4.26. The van der Waals surface area contributed by atoms with E-state index >= 15 is 0 Å². The third-order valence-corrected chi connectivity index (χ3v) is 7.00. The van der Waals surface area contributed by atoms with Gasteiger partial charge in [-0.3, -0.25) is 19.4 Å². The minimum absolute atomic E-state index is 0.0469. The fraction of sp³-hybridized carbons (Fsp3) is 0.560. The molecule has 0 aliphatic carbocycles. The average molecular weight is 566 g/mol. The average Bonchev–Trinajstić information content (AvgIpc) is 3.39. The van der Waals surface area contributed by atoms with Crippen molar-refractivity contribution in [3.8, 4) is 5.75 Å². The molecule has 1 fully saturated rings. The molecule has 4 unspecified atom stereocenters. The molecule has 1 aromatic rings. The van der Waals surface area contributed by atoms with Gasteiger partial charge in [0.25, 0.3) is 0 Å². The van der Waals surface area contributed by atoms with Crippen molar-refractivity contribution >= 4 is 41.4 Å². The van der Waals surface area contributed by atoms with Crippen LogP contribution in [0.1, 0.15) is 37.7 Å². The van der Waals surface area contributed by atoms with E-state index in [0.29, 0.717) is 50.0 Å². The number of phenolic OH excluding ortho intramolecular Hbond substituents is 1. The van der Waals surface area contributed by atoms with E-state index in [9.17, 15) is 29.4 Å². The molecule has 216 valence electrons. The molecule has 0 radical (unpaired) electrons. The van der Waals surface area contributed by atoms with E-state index in [-0.39, 0.29) is 24.7 Å². The Hall–Kier alpha value is -3.52. The number of benzene rings is 1. The third-order valence-electron chi connectivity index (χ3n) is 6.36. The fourth-order valence-corrected chi connectivity index (χ4v) is 4.73. The summed E-state index contributed by atoms with van der Waals surface area (Å²) < 4.78 is 0. The highest BCUT2D eigenvalue weighted by Gasteiger charge is 2.38. The van der Waals surface area contributed by atoms with Gasteiger partial charge in [-0.15, -0.1) is 0 Å². The zero-order valence-corrected chi connectivity index (χ0v) is 22.9. The number of aliphatic imine (C=N–C) groups is 1. The van der Waals surface area contributed by atoms with Crippen LogP contribution in [0.15, 0.2) is 29.3 Å².